The molecule has 1 aromatic carbocycles. The predicted molar refractivity (Wildman–Crippen MR) is 71.6 cm³/mol. The van der Waals surface area contributed by atoms with Crippen LogP contribution in [0.1, 0.15) is 25.5 Å². The number of imidazole rings is 1. The molecule has 0 spiro atoms. The van der Waals surface area contributed by atoms with E-state index in [2.05, 4.69) is 28.0 Å². The summed E-state index contributed by atoms with van der Waals surface area (Å²) in [6, 6.07) is 10.2. The molecule has 0 atom stereocenters. The summed E-state index contributed by atoms with van der Waals surface area (Å²) in [6.07, 6.45) is 4.47. The Morgan fingerprint density at radius 1 is 1.24 bits per heavy atom. The normalized spacial score (nSPS) is 10.5. The monoisotopic (exact) mass is 229 g/mol. The Kier molecular flexibility index (Phi) is 3.81. The van der Waals surface area contributed by atoms with Gasteiger partial charge in [-0.05, 0) is 25.5 Å². The van der Waals surface area contributed by atoms with Crippen molar-refractivity contribution in [2.75, 3.05) is 5.32 Å². The van der Waals surface area contributed by atoms with E-state index in [0.717, 1.165) is 23.9 Å². The Balaban J connectivity index is 2.14. The molecular weight excluding hydrogens is 210 g/mol. The molecule has 0 aliphatic carbocycles. The fourth-order valence-corrected chi connectivity index (χ4v) is 1.80. The summed E-state index contributed by atoms with van der Waals surface area (Å²) in [5, 5.41) is 3.35. The van der Waals surface area contributed by atoms with E-state index in [0.29, 0.717) is 0 Å². The molecule has 0 saturated heterocycles. The maximum Gasteiger partial charge on any atom is 0.207 e. The van der Waals surface area contributed by atoms with Crippen LogP contribution < -0.4 is 5.32 Å². The van der Waals surface area contributed by atoms with Crippen LogP contribution in [0, 0.1) is 6.92 Å². The number of hydrogen-bond donors (Lipinski definition) is 1. The lowest BCUT2D eigenvalue weighted by Gasteiger charge is -2.08. The SMILES string of the molecule is CCCCn1cc(C)nc1Nc1ccccc1. The van der Waals surface area contributed by atoms with Gasteiger partial charge >= 0.3 is 0 Å². The second-order valence-electron chi connectivity index (χ2n) is 4.24. The average Bonchev–Trinajstić information content (AvgIpc) is 2.68. The Morgan fingerprint density at radius 3 is 2.71 bits per heavy atom. The summed E-state index contributed by atoms with van der Waals surface area (Å²) in [7, 11) is 0. The van der Waals surface area contributed by atoms with Crippen molar-refractivity contribution in [1.82, 2.24) is 9.55 Å². The first kappa shape index (κ1) is 11.7. The molecule has 3 heteroatoms. The van der Waals surface area contributed by atoms with E-state index in [-0.39, 0.29) is 0 Å². The first-order chi connectivity index (χ1) is 8.29. The van der Waals surface area contributed by atoms with Gasteiger partial charge < -0.3 is 9.88 Å². The van der Waals surface area contributed by atoms with Crippen LogP contribution in [-0.4, -0.2) is 9.55 Å². The third-order valence-corrected chi connectivity index (χ3v) is 2.68. The largest absolute Gasteiger partial charge is 0.326 e. The van der Waals surface area contributed by atoms with Gasteiger partial charge in [0, 0.05) is 18.4 Å². The molecule has 17 heavy (non-hydrogen) atoms. The van der Waals surface area contributed by atoms with Crippen LogP contribution in [0.15, 0.2) is 36.5 Å². The van der Waals surface area contributed by atoms with E-state index >= 15 is 0 Å². The first-order valence-electron chi connectivity index (χ1n) is 6.15. The fraction of sp³-hybridized carbons (Fsp3) is 0.357. The quantitative estimate of drug-likeness (QED) is 0.846. The molecule has 2 aromatic rings. The number of benzene rings is 1. The van der Waals surface area contributed by atoms with Crippen LogP contribution in [0.2, 0.25) is 0 Å². The number of aromatic nitrogens is 2. The van der Waals surface area contributed by atoms with Crippen LogP contribution in [0.25, 0.3) is 0 Å². The summed E-state index contributed by atoms with van der Waals surface area (Å²) in [6.45, 7) is 5.25. The summed E-state index contributed by atoms with van der Waals surface area (Å²) >= 11 is 0. The third kappa shape index (κ3) is 3.09. The van der Waals surface area contributed by atoms with Crippen LogP contribution in [0.4, 0.5) is 11.6 Å². The van der Waals surface area contributed by atoms with E-state index in [4.69, 9.17) is 0 Å². The summed E-state index contributed by atoms with van der Waals surface area (Å²) in [5.74, 6) is 0.933. The smallest absolute Gasteiger partial charge is 0.207 e. The minimum Gasteiger partial charge on any atom is -0.326 e. The highest BCUT2D eigenvalue weighted by molar-refractivity contribution is 5.53. The van der Waals surface area contributed by atoms with Crippen molar-refractivity contribution in [3.8, 4) is 0 Å². The fourth-order valence-electron chi connectivity index (χ4n) is 1.80. The van der Waals surface area contributed by atoms with Crippen molar-refractivity contribution >= 4 is 11.6 Å². The van der Waals surface area contributed by atoms with Crippen molar-refractivity contribution in [1.29, 1.82) is 0 Å². The summed E-state index contributed by atoms with van der Waals surface area (Å²) in [5.41, 5.74) is 2.13. The molecule has 0 aliphatic rings. The van der Waals surface area contributed by atoms with Crippen LogP contribution in [0.3, 0.4) is 0 Å². The molecule has 0 amide bonds. The molecule has 0 aliphatic heterocycles. The van der Waals surface area contributed by atoms with Crippen molar-refractivity contribution in [3.05, 3.63) is 42.2 Å². The zero-order valence-corrected chi connectivity index (χ0v) is 10.5. The number of unbranched alkanes of at least 4 members (excludes halogenated alkanes) is 1. The molecule has 0 unspecified atom stereocenters. The minimum absolute atomic E-state index is 0.933. The van der Waals surface area contributed by atoms with E-state index in [1.54, 1.807) is 0 Å². The zero-order valence-electron chi connectivity index (χ0n) is 10.5. The van der Waals surface area contributed by atoms with Gasteiger partial charge in [-0.2, -0.15) is 0 Å². The van der Waals surface area contributed by atoms with Crippen LogP contribution in [-0.2, 0) is 6.54 Å². The Labute approximate surface area is 103 Å². The molecule has 0 bridgehead atoms. The molecule has 0 radical (unpaired) electrons. The molecule has 0 fully saturated rings. The van der Waals surface area contributed by atoms with E-state index in [1.165, 1.54) is 12.8 Å². The highest BCUT2D eigenvalue weighted by Gasteiger charge is 2.04. The maximum atomic E-state index is 4.51. The second kappa shape index (κ2) is 5.53. The highest BCUT2D eigenvalue weighted by atomic mass is 15.2. The van der Waals surface area contributed by atoms with Gasteiger partial charge in [0.05, 0.1) is 5.69 Å². The standard InChI is InChI=1S/C14H19N3/c1-3-4-10-17-11-12(2)15-14(17)16-13-8-6-5-7-9-13/h5-9,11H,3-4,10H2,1-2H3,(H,15,16). The lowest BCUT2D eigenvalue weighted by Crippen LogP contribution is -2.03. The van der Waals surface area contributed by atoms with E-state index < -0.39 is 0 Å². The van der Waals surface area contributed by atoms with Crippen LogP contribution in [0.5, 0.6) is 0 Å². The van der Waals surface area contributed by atoms with Gasteiger partial charge in [-0.1, -0.05) is 31.5 Å². The predicted octanol–water partition coefficient (Wildman–Crippen LogP) is 3.74. The summed E-state index contributed by atoms with van der Waals surface area (Å²) in [4.78, 5) is 4.51. The second-order valence-corrected chi connectivity index (χ2v) is 4.24. The molecule has 90 valence electrons. The third-order valence-electron chi connectivity index (χ3n) is 2.68. The first-order valence-corrected chi connectivity index (χ1v) is 6.15. The zero-order chi connectivity index (χ0) is 12.1. The number of aryl methyl sites for hydroxylation is 2. The number of para-hydroxylation sites is 1. The van der Waals surface area contributed by atoms with Crippen LogP contribution >= 0.6 is 0 Å². The van der Waals surface area contributed by atoms with Gasteiger partial charge in [-0.3, -0.25) is 0 Å². The topological polar surface area (TPSA) is 29.9 Å². The molecule has 1 aromatic heterocycles. The number of nitrogens with zero attached hydrogens (tertiary/aromatic N) is 2. The lowest BCUT2D eigenvalue weighted by molar-refractivity contribution is 0.637. The van der Waals surface area contributed by atoms with Crippen molar-refractivity contribution in [3.63, 3.8) is 0 Å². The molecular formula is C14H19N3. The van der Waals surface area contributed by atoms with Gasteiger partial charge in [0.15, 0.2) is 0 Å². The summed E-state index contributed by atoms with van der Waals surface area (Å²) < 4.78 is 2.19. The van der Waals surface area contributed by atoms with Crippen molar-refractivity contribution in [2.45, 2.75) is 33.2 Å². The highest BCUT2D eigenvalue weighted by Crippen LogP contribution is 2.16. The minimum atomic E-state index is 0.933. The molecule has 3 nitrogen and oxygen atoms in total. The molecule has 1 N–H and O–H groups in total. The van der Waals surface area contributed by atoms with Crippen molar-refractivity contribution < 1.29 is 0 Å². The number of nitrogens with one attached hydrogen (secondary N) is 1. The van der Waals surface area contributed by atoms with Gasteiger partial charge in [-0.15, -0.1) is 0 Å². The van der Waals surface area contributed by atoms with E-state index in [1.807, 2.05) is 37.3 Å². The number of rotatable bonds is 5. The van der Waals surface area contributed by atoms with E-state index in [9.17, 15) is 0 Å². The number of anilines is 2. The van der Waals surface area contributed by atoms with Crippen molar-refractivity contribution in [2.24, 2.45) is 0 Å². The average molecular weight is 229 g/mol. The Bertz CT molecular complexity index is 460. The Hall–Kier alpha value is -1.77. The number of hydrogen-bond acceptors (Lipinski definition) is 2. The van der Waals surface area contributed by atoms with Gasteiger partial charge in [-0.25, -0.2) is 4.98 Å². The molecule has 2 rings (SSSR count). The van der Waals surface area contributed by atoms with Gasteiger partial charge in [0.25, 0.3) is 0 Å². The molecule has 0 saturated carbocycles. The molecule has 1 heterocycles. The maximum absolute atomic E-state index is 4.51. The Morgan fingerprint density at radius 2 is 2.00 bits per heavy atom. The van der Waals surface area contributed by atoms with Gasteiger partial charge in [0.2, 0.25) is 5.95 Å². The lowest BCUT2D eigenvalue weighted by atomic mass is 10.3. The van der Waals surface area contributed by atoms with Gasteiger partial charge in [0.1, 0.15) is 0 Å².